The van der Waals surface area contributed by atoms with Crippen LogP contribution in [0.3, 0.4) is 0 Å². The topological polar surface area (TPSA) is 92.2 Å². The highest BCUT2D eigenvalue weighted by Gasteiger charge is 2.21. The van der Waals surface area contributed by atoms with Crippen molar-refractivity contribution >= 4 is 29.3 Å². The molecule has 0 bridgehead atoms. The van der Waals surface area contributed by atoms with Gasteiger partial charge in [0.15, 0.2) is 5.69 Å². The average molecular weight is 261 g/mol. The van der Waals surface area contributed by atoms with Crippen molar-refractivity contribution in [2.24, 2.45) is 0 Å². The molecule has 0 aliphatic carbocycles. The minimum atomic E-state index is -1.10. The highest BCUT2D eigenvalue weighted by molar-refractivity contribution is 6.99. The Balaban J connectivity index is 2.08. The number of hydrogen-bond donors (Lipinski definition) is 2. The third-order valence-electron chi connectivity index (χ3n) is 2.69. The zero-order valence-electron chi connectivity index (χ0n) is 9.01. The fraction of sp³-hybridized carbons (Fsp3) is 0.0909. The average Bonchev–Trinajstić information content (AvgIpc) is 2.91. The first-order valence-corrected chi connectivity index (χ1v) is 5.87. The van der Waals surface area contributed by atoms with Crippen molar-refractivity contribution in [2.45, 2.75) is 6.42 Å². The van der Waals surface area contributed by atoms with Gasteiger partial charge < -0.3 is 10.4 Å². The van der Waals surface area contributed by atoms with Crippen LogP contribution in [-0.2, 0) is 11.2 Å². The Hall–Kier alpha value is -2.28. The number of benzene rings is 1. The van der Waals surface area contributed by atoms with E-state index < -0.39 is 5.97 Å². The van der Waals surface area contributed by atoms with Crippen molar-refractivity contribution in [1.82, 2.24) is 8.75 Å². The first-order valence-electron chi connectivity index (χ1n) is 5.14. The second-order valence-corrected chi connectivity index (χ2v) is 4.39. The smallest absolute Gasteiger partial charge is 0.357 e. The van der Waals surface area contributed by atoms with Gasteiger partial charge >= 0.3 is 5.97 Å². The Labute approximate surface area is 106 Å². The van der Waals surface area contributed by atoms with E-state index in [-0.39, 0.29) is 11.6 Å². The molecule has 2 heterocycles. The summed E-state index contributed by atoms with van der Waals surface area (Å²) in [5.41, 5.74) is 2.56. The summed E-state index contributed by atoms with van der Waals surface area (Å²) in [4.78, 5) is 22.2. The number of anilines is 1. The van der Waals surface area contributed by atoms with E-state index >= 15 is 0 Å². The van der Waals surface area contributed by atoms with E-state index in [0.29, 0.717) is 17.7 Å². The van der Waals surface area contributed by atoms with Crippen LogP contribution in [-0.4, -0.2) is 25.7 Å². The summed E-state index contributed by atoms with van der Waals surface area (Å²) in [6.45, 7) is 0. The maximum Gasteiger partial charge on any atom is 0.357 e. The lowest BCUT2D eigenvalue weighted by molar-refractivity contribution is -0.115. The SMILES string of the molecule is O=C1Cc2cc(-c3nsnc3C(=O)O)ccc2N1. The van der Waals surface area contributed by atoms with Crippen LogP contribution >= 0.6 is 11.7 Å². The van der Waals surface area contributed by atoms with E-state index in [1.807, 2.05) is 0 Å². The Morgan fingerprint density at radius 3 is 3.00 bits per heavy atom. The van der Waals surface area contributed by atoms with Gasteiger partial charge in [-0.25, -0.2) is 4.79 Å². The summed E-state index contributed by atoms with van der Waals surface area (Å²) in [6.07, 6.45) is 0.309. The van der Waals surface area contributed by atoms with Crippen molar-refractivity contribution in [3.05, 3.63) is 29.5 Å². The fourth-order valence-electron chi connectivity index (χ4n) is 1.89. The number of carbonyl (C=O) groups is 2. The monoisotopic (exact) mass is 261 g/mol. The van der Waals surface area contributed by atoms with Gasteiger partial charge in [-0.2, -0.15) is 8.75 Å². The number of nitrogens with zero attached hydrogens (tertiary/aromatic N) is 2. The molecule has 1 aliphatic rings. The van der Waals surface area contributed by atoms with Crippen molar-refractivity contribution in [3.63, 3.8) is 0 Å². The zero-order valence-corrected chi connectivity index (χ0v) is 9.82. The van der Waals surface area contributed by atoms with Gasteiger partial charge in [0.2, 0.25) is 5.91 Å². The van der Waals surface area contributed by atoms with Crippen LogP contribution in [0.15, 0.2) is 18.2 Å². The molecule has 3 rings (SSSR count). The molecular formula is C11H7N3O3S. The first kappa shape index (κ1) is 10.8. The number of amides is 1. The molecular weight excluding hydrogens is 254 g/mol. The molecule has 7 heteroatoms. The van der Waals surface area contributed by atoms with Crippen LogP contribution in [0.4, 0.5) is 5.69 Å². The Kier molecular flexibility index (Phi) is 2.34. The van der Waals surface area contributed by atoms with Gasteiger partial charge in [-0.1, -0.05) is 6.07 Å². The second-order valence-electron chi connectivity index (χ2n) is 3.86. The largest absolute Gasteiger partial charge is 0.476 e. The molecule has 6 nitrogen and oxygen atoms in total. The van der Waals surface area contributed by atoms with Crippen molar-refractivity contribution in [3.8, 4) is 11.3 Å². The number of nitrogens with one attached hydrogen (secondary N) is 1. The normalized spacial score (nSPS) is 13.2. The molecule has 0 radical (unpaired) electrons. The van der Waals surface area contributed by atoms with E-state index in [4.69, 9.17) is 5.11 Å². The van der Waals surface area contributed by atoms with Gasteiger partial charge in [-0.05, 0) is 17.7 Å². The van der Waals surface area contributed by atoms with E-state index in [1.165, 1.54) is 0 Å². The molecule has 90 valence electrons. The summed E-state index contributed by atoms with van der Waals surface area (Å²) in [6, 6.07) is 5.25. The molecule has 1 aromatic heterocycles. The highest BCUT2D eigenvalue weighted by Crippen LogP contribution is 2.29. The Bertz CT molecular complexity index is 665. The molecule has 0 atom stereocenters. The zero-order chi connectivity index (χ0) is 12.7. The van der Waals surface area contributed by atoms with Gasteiger partial charge in [-0.15, -0.1) is 0 Å². The van der Waals surface area contributed by atoms with Gasteiger partial charge in [0.25, 0.3) is 0 Å². The maximum atomic E-state index is 11.2. The molecule has 0 saturated heterocycles. The van der Waals surface area contributed by atoms with E-state index in [0.717, 1.165) is 23.0 Å². The molecule has 0 unspecified atom stereocenters. The van der Waals surface area contributed by atoms with Crippen LogP contribution in [0.1, 0.15) is 16.1 Å². The summed E-state index contributed by atoms with van der Waals surface area (Å²) in [5, 5.41) is 11.7. The summed E-state index contributed by atoms with van der Waals surface area (Å²) in [5.74, 6) is -1.16. The number of carbonyl (C=O) groups excluding carboxylic acids is 1. The molecule has 2 aromatic rings. The standard InChI is InChI=1S/C11H7N3O3S/c15-8-4-6-3-5(1-2-7(6)12-8)9-10(11(16)17)14-18-13-9/h1-3H,4H2,(H,12,15)(H,16,17). The third-order valence-corrected chi connectivity index (χ3v) is 3.22. The molecule has 1 amide bonds. The summed E-state index contributed by atoms with van der Waals surface area (Å²) >= 11 is 0.860. The molecule has 0 spiro atoms. The molecule has 1 aromatic carbocycles. The van der Waals surface area contributed by atoms with Crippen LogP contribution in [0.5, 0.6) is 0 Å². The summed E-state index contributed by atoms with van der Waals surface area (Å²) < 4.78 is 7.75. The van der Waals surface area contributed by atoms with Gasteiger partial charge in [0.05, 0.1) is 18.1 Å². The van der Waals surface area contributed by atoms with Crippen molar-refractivity contribution in [2.75, 3.05) is 5.32 Å². The molecule has 1 aliphatic heterocycles. The molecule has 0 saturated carbocycles. The highest BCUT2D eigenvalue weighted by atomic mass is 32.1. The number of rotatable bonds is 2. The first-order chi connectivity index (χ1) is 8.65. The van der Waals surface area contributed by atoms with Crippen LogP contribution in [0.2, 0.25) is 0 Å². The van der Waals surface area contributed by atoms with Gasteiger partial charge in [0.1, 0.15) is 5.69 Å². The van der Waals surface area contributed by atoms with E-state index in [1.54, 1.807) is 18.2 Å². The Morgan fingerprint density at radius 1 is 1.39 bits per heavy atom. The number of carboxylic acids is 1. The number of fused-ring (bicyclic) bond motifs is 1. The van der Waals surface area contributed by atoms with E-state index in [2.05, 4.69) is 14.1 Å². The Morgan fingerprint density at radius 2 is 2.22 bits per heavy atom. The minimum Gasteiger partial charge on any atom is -0.476 e. The fourth-order valence-corrected chi connectivity index (χ4v) is 2.46. The lowest BCUT2D eigenvalue weighted by Crippen LogP contribution is -2.03. The molecule has 2 N–H and O–H groups in total. The van der Waals surface area contributed by atoms with Crippen LogP contribution in [0.25, 0.3) is 11.3 Å². The second kappa shape index (κ2) is 3.88. The number of aromatic nitrogens is 2. The lowest BCUT2D eigenvalue weighted by atomic mass is 10.0. The van der Waals surface area contributed by atoms with Crippen LogP contribution < -0.4 is 5.32 Å². The number of carboxylic acid groups (broad SMARTS) is 1. The van der Waals surface area contributed by atoms with E-state index in [9.17, 15) is 9.59 Å². The maximum absolute atomic E-state index is 11.2. The predicted molar refractivity (Wildman–Crippen MR) is 64.6 cm³/mol. The predicted octanol–water partition coefficient (Wildman–Crippen LogP) is 1.40. The molecule has 0 fully saturated rings. The minimum absolute atomic E-state index is 0.0581. The molecule has 18 heavy (non-hydrogen) atoms. The lowest BCUT2D eigenvalue weighted by Gasteiger charge is -2.02. The number of hydrogen-bond acceptors (Lipinski definition) is 5. The van der Waals surface area contributed by atoms with Crippen molar-refractivity contribution in [1.29, 1.82) is 0 Å². The van der Waals surface area contributed by atoms with Crippen molar-refractivity contribution < 1.29 is 14.7 Å². The van der Waals surface area contributed by atoms with Gasteiger partial charge in [0, 0.05) is 11.3 Å². The van der Waals surface area contributed by atoms with Gasteiger partial charge in [-0.3, -0.25) is 4.79 Å². The van der Waals surface area contributed by atoms with Crippen LogP contribution in [0, 0.1) is 0 Å². The quantitative estimate of drug-likeness (QED) is 0.852. The third kappa shape index (κ3) is 1.65. The number of aromatic carboxylic acids is 1. The summed E-state index contributed by atoms with van der Waals surface area (Å²) in [7, 11) is 0.